The van der Waals surface area contributed by atoms with Gasteiger partial charge in [-0.1, -0.05) is 6.07 Å². The quantitative estimate of drug-likeness (QED) is 0.539. The number of ether oxygens (including phenoxy) is 1. The molecule has 2 aromatic heterocycles. The second-order valence-electron chi connectivity index (χ2n) is 5.56. The zero-order valence-corrected chi connectivity index (χ0v) is 13.9. The highest BCUT2D eigenvalue weighted by Crippen LogP contribution is 2.37. The van der Waals surface area contributed by atoms with E-state index in [1.165, 1.54) is 17.2 Å². The maximum Gasteiger partial charge on any atom is 0.290 e. The van der Waals surface area contributed by atoms with Crippen LogP contribution in [-0.2, 0) is 9.53 Å². The first kappa shape index (κ1) is 17.8. The number of rotatable bonds is 8. The summed E-state index contributed by atoms with van der Waals surface area (Å²) in [6, 6.07) is 7.30. The van der Waals surface area contributed by atoms with Crippen LogP contribution < -0.4 is 0 Å². The molecule has 0 fully saturated rings. The van der Waals surface area contributed by atoms with E-state index in [9.17, 15) is 14.7 Å². The number of Topliss-reactive ketones (excluding diaryl/α,β-unsaturated/α-hetero) is 1. The standard InChI is InChI=1S/C18H18N2O6/c21-8-11-25-10-7-20-15(12-4-1-2-6-19-12)14(17(23)18(20)24)16(22)13-5-3-9-26-13/h1-6,9,15,21,23H,7-8,10-11H2/t15-/m1/s1. The Kier molecular flexibility index (Phi) is 5.45. The number of ketones is 1. The lowest BCUT2D eigenvalue weighted by Gasteiger charge is -2.25. The van der Waals surface area contributed by atoms with Gasteiger partial charge in [0.1, 0.15) is 6.04 Å². The topological polar surface area (TPSA) is 113 Å². The predicted octanol–water partition coefficient (Wildman–Crippen LogP) is 1.26. The van der Waals surface area contributed by atoms with Gasteiger partial charge in [0.25, 0.3) is 5.91 Å². The molecule has 136 valence electrons. The molecule has 0 radical (unpaired) electrons. The maximum absolute atomic E-state index is 12.8. The van der Waals surface area contributed by atoms with Crippen LogP contribution in [0.5, 0.6) is 0 Å². The molecule has 1 aliphatic heterocycles. The summed E-state index contributed by atoms with van der Waals surface area (Å²) >= 11 is 0. The Morgan fingerprint density at radius 1 is 1.27 bits per heavy atom. The third-order valence-electron chi connectivity index (χ3n) is 3.97. The van der Waals surface area contributed by atoms with E-state index in [0.29, 0.717) is 5.69 Å². The molecule has 2 aromatic rings. The van der Waals surface area contributed by atoms with Crippen LogP contribution in [0.1, 0.15) is 22.3 Å². The minimum Gasteiger partial charge on any atom is -0.503 e. The number of pyridine rings is 1. The van der Waals surface area contributed by atoms with Gasteiger partial charge in [-0.15, -0.1) is 0 Å². The van der Waals surface area contributed by atoms with Gasteiger partial charge in [-0.25, -0.2) is 0 Å². The van der Waals surface area contributed by atoms with E-state index >= 15 is 0 Å². The van der Waals surface area contributed by atoms with Crippen molar-refractivity contribution in [3.8, 4) is 0 Å². The Morgan fingerprint density at radius 2 is 2.12 bits per heavy atom. The molecule has 0 saturated carbocycles. The molecule has 0 bridgehead atoms. The van der Waals surface area contributed by atoms with E-state index in [1.54, 1.807) is 30.5 Å². The number of hydrogen-bond donors (Lipinski definition) is 2. The largest absolute Gasteiger partial charge is 0.503 e. The highest BCUT2D eigenvalue weighted by molar-refractivity contribution is 6.14. The lowest BCUT2D eigenvalue weighted by Crippen LogP contribution is -2.34. The SMILES string of the molecule is O=C(C1=C(O)C(=O)N(CCOCCO)[C@@H]1c1ccccn1)c1ccco1. The molecular weight excluding hydrogens is 340 g/mol. The molecule has 0 saturated heterocycles. The number of carbonyl (C=O) groups excluding carboxylic acids is 2. The van der Waals surface area contributed by atoms with Crippen LogP contribution in [0.25, 0.3) is 0 Å². The van der Waals surface area contributed by atoms with Crippen LogP contribution in [0.4, 0.5) is 0 Å². The molecule has 26 heavy (non-hydrogen) atoms. The first-order valence-electron chi connectivity index (χ1n) is 8.07. The molecule has 2 N–H and O–H groups in total. The van der Waals surface area contributed by atoms with Crippen LogP contribution in [0.3, 0.4) is 0 Å². The molecule has 1 aliphatic rings. The molecule has 1 atom stereocenters. The van der Waals surface area contributed by atoms with E-state index in [-0.39, 0.29) is 37.7 Å². The summed E-state index contributed by atoms with van der Waals surface area (Å²) in [6.07, 6.45) is 2.89. The number of amides is 1. The summed E-state index contributed by atoms with van der Waals surface area (Å²) in [7, 11) is 0. The number of aliphatic hydroxyl groups excluding tert-OH is 2. The zero-order valence-electron chi connectivity index (χ0n) is 13.9. The van der Waals surface area contributed by atoms with Crippen LogP contribution in [0.15, 0.2) is 58.5 Å². The minimum absolute atomic E-state index is 0.0265. The summed E-state index contributed by atoms with van der Waals surface area (Å²) < 4.78 is 10.3. The summed E-state index contributed by atoms with van der Waals surface area (Å²) in [4.78, 5) is 30.9. The average Bonchev–Trinajstić information content (AvgIpc) is 3.28. The number of nitrogens with zero attached hydrogens (tertiary/aromatic N) is 2. The minimum atomic E-state index is -0.848. The smallest absolute Gasteiger partial charge is 0.290 e. The molecule has 8 nitrogen and oxygen atoms in total. The molecule has 0 aliphatic carbocycles. The Bertz CT molecular complexity index is 800. The Morgan fingerprint density at radius 3 is 2.77 bits per heavy atom. The van der Waals surface area contributed by atoms with Gasteiger partial charge in [0.05, 0.1) is 37.4 Å². The van der Waals surface area contributed by atoms with Crippen molar-refractivity contribution in [1.82, 2.24) is 9.88 Å². The van der Waals surface area contributed by atoms with Gasteiger partial charge in [-0.2, -0.15) is 0 Å². The van der Waals surface area contributed by atoms with Gasteiger partial charge in [-0.3, -0.25) is 14.6 Å². The Labute approximate surface area is 149 Å². The second-order valence-corrected chi connectivity index (χ2v) is 5.56. The van der Waals surface area contributed by atoms with E-state index in [4.69, 9.17) is 14.3 Å². The molecule has 0 aromatic carbocycles. The first-order chi connectivity index (χ1) is 12.6. The second kappa shape index (κ2) is 7.94. The fraction of sp³-hybridized carbons (Fsp3) is 0.278. The van der Waals surface area contributed by atoms with Gasteiger partial charge in [0.15, 0.2) is 11.5 Å². The number of furan rings is 1. The third-order valence-corrected chi connectivity index (χ3v) is 3.97. The summed E-state index contributed by atoms with van der Waals surface area (Å²) in [5.41, 5.74) is 0.368. The number of aliphatic hydroxyl groups is 2. The zero-order chi connectivity index (χ0) is 18.5. The first-order valence-corrected chi connectivity index (χ1v) is 8.07. The van der Waals surface area contributed by atoms with Crippen molar-refractivity contribution < 1.29 is 29.0 Å². The Hall–Kier alpha value is -2.97. The molecule has 3 heterocycles. The summed E-state index contributed by atoms with van der Waals surface area (Å²) in [5, 5.41) is 19.1. The number of aromatic nitrogens is 1. The van der Waals surface area contributed by atoms with E-state index in [1.807, 2.05) is 0 Å². The molecule has 3 rings (SSSR count). The molecule has 0 spiro atoms. The van der Waals surface area contributed by atoms with Crippen LogP contribution in [0.2, 0.25) is 0 Å². The molecular formula is C18H18N2O6. The van der Waals surface area contributed by atoms with Crippen molar-refractivity contribution in [2.45, 2.75) is 6.04 Å². The molecule has 8 heteroatoms. The van der Waals surface area contributed by atoms with Crippen molar-refractivity contribution in [3.05, 3.63) is 65.6 Å². The summed E-state index contributed by atoms with van der Waals surface area (Å²) in [6.45, 7) is 0.265. The highest BCUT2D eigenvalue weighted by Gasteiger charge is 2.44. The van der Waals surface area contributed by atoms with Crippen molar-refractivity contribution in [2.24, 2.45) is 0 Å². The van der Waals surface area contributed by atoms with Crippen molar-refractivity contribution >= 4 is 11.7 Å². The van der Waals surface area contributed by atoms with Crippen molar-refractivity contribution in [1.29, 1.82) is 0 Å². The lowest BCUT2D eigenvalue weighted by atomic mass is 9.98. The van der Waals surface area contributed by atoms with E-state index in [2.05, 4.69) is 4.98 Å². The van der Waals surface area contributed by atoms with Crippen LogP contribution >= 0.6 is 0 Å². The van der Waals surface area contributed by atoms with E-state index < -0.39 is 23.5 Å². The highest BCUT2D eigenvalue weighted by atomic mass is 16.5. The average molecular weight is 358 g/mol. The third kappa shape index (κ3) is 3.37. The van der Waals surface area contributed by atoms with Gasteiger partial charge in [0.2, 0.25) is 5.78 Å². The van der Waals surface area contributed by atoms with Crippen LogP contribution in [0, 0.1) is 0 Å². The number of hydrogen-bond acceptors (Lipinski definition) is 7. The molecule has 0 unspecified atom stereocenters. The monoisotopic (exact) mass is 358 g/mol. The van der Waals surface area contributed by atoms with Crippen LogP contribution in [-0.4, -0.2) is 58.2 Å². The predicted molar refractivity (Wildman–Crippen MR) is 89.3 cm³/mol. The van der Waals surface area contributed by atoms with Gasteiger partial charge < -0.3 is 24.3 Å². The van der Waals surface area contributed by atoms with Gasteiger partial charge in [0, 0.05) is 12.7 Å². The Balaban J connectivity index is 1.95. The van der Waals surface area contributed by atoms with Crippen molar-refractivity contribution in [3.63, 3.8) is 0 Å². The normalized spacial score (nSPS) is 17.2. The van der Waals surface area contributed by atoms with Crippen molar-refractivity contribution in [2.75, 3.05) is 26.4 Å². The maximum atomic E-state index is 12.8. The van der Waals surface area contributed by atoms with Gasteiger partial charge in [-0.05, 0) is 24.3 Å². The molecule has 1 amide bonds. The van der Waals surface area contributed by atoms with Gasteiger partial charge >= 0.3 is 0 Å². The lowest BCUT2D eigenvalue weighted by molar-refractivity contribution is -0.130. The fourth-order valence-corrected chi connectivity index (χ4v) is 2.83. The van der Waals surface area contributed by atoms with E-state index in [0.717, 1.165) is 0 Å². The fourth-order valence-electron chi connectivity index (χ4n) is 2.83. The summed E-state index contributed by atoms with van der Waals surface area (Å²) in [5.74, 6) is -1.85. The number of carbonyl (C=O) groups is 2.